The van der Waals surface area contributed by atoms with E-state index in [9.17, 15) is 9.59 Å². The first-order valence-corrected chi connectivity index (χ1v) is 4.23. The first-order chi connectivity index (χ1) is 6.47. The lowest BCUT2D eigenvalue weighted by Crippen LogP contribution is -2.16. The minimum absolute atomic E-state index is 0.0838. The van der Waals surface area contributed by atoms with Gasteiger partial charge in [-0.25, -0.2) is 0 Å². The van der Waals surface area contributed by atoms with E-state index in [-0.39, 0.29) is 11.9 Å². The van der Waals surface area contributed by atoms with Crippen LogP contribution < -0.4 is 0 Å². The number of hydrogen-bond donors (Lipinski definition) is 0. The highest BCUT2D eigenvalue weighted by molar-refractivity contribution is 5.74. The van der Waals surface area contributed by atoms with Gasteiger partial charge in [-0.15, -0.1) is 0 Å². The molecule has 0 rings (SSSR count). The molecule has 0 aromatic carbocycles. The zero-order valence-electron chi connectivity index (χ0n) is 8.90. The number of ether oxygens (including phenoxy) is 1. The number of allylic oxidation sites excluding steroid dienone is 2. The molecule has 0 aromatic rings. The number of rotatable bonds is 3. The maximum Gasteiger partial charge on any atom is 0.308 e. The maximum atomic E-state index is 10.8. The first kappa shape index (κ1) is 12.4. The lowest BCUT2D eigenvalue weighted by molar-refractivity contribution is -0.136. The Bertz CT molecular complexity index is 279. The Morgan fingerprint density at radius 1 is 1.29 bits per heavy atom. The number of nitrogens with zero attached hydrogens (tertiary/aromatic N) is 1. The van der Waals surface area contributed by atoms with Crippen LogP contribution in [0.25, 0.3) is 0 Å². The summed E-state index contributed by atoms with van der Waals surface area (Å²) in [5, 5.41) is 0. The van der Waals surface area contributed by atoms with E-state index in [4.69, 9.17) is 4.74 Å². The van der Waals surface area contributed by atoms with Crippen molar-refractivity contribution in [2.45, 2.75) is 20.8 Å². The number of hydrogen-bond acceptors (Lipinski definition) is 3. The molecule has 78 valence electrons. The molecule has 14 heavy (non-hydrogen) atoms. The Morgan fingerprint density at radius 2 is 1.86 bits per heavy atom. The highest BCUT2D eigenvalue weighted by Gasteiger charge is 1.99. The van der Waals surface area contributed by atoms with Gasteiger partial charge in [0, 0.05) is 27.1 Å². The summed E-state index contributed by atoms with van der Waals surface area (Å²) >= 11 is 0. The minimum Gasteiger partial charge on any atom is -0.427 e. The highest BCUT2D eigenvalue weighted by Crippen LogP contribution is 2.00. The molecule has 0 atom stereocenters. The second kappa shape index (κ2) is 5.96. The number of esters is 1. The highest BCUT2D eigenvalue weighted by atomic mass is 16.5. The number of carbonyl (C=O) groups is 2. The molecule has 0 heterocycles. The van der Waals surface area contributed by atoms with E-state index >= 15 is 0 Å². The van der Waals surface area contributed by atoms with Crippen molar-refractivity contribution >= 4 is 11.9 Å². The molecule has 0 radical (unpaired) electrons. The van der Waals surface area contributed by atoms with Gasteiger partial charge >= 0.3 is 5.97 Å². The van der Waals surface area contributed by atoms with Gasteiger partial charge in [0.25, 0.3) is 0 Å². The predicted octanol–water partition coefficient (Wildman–Crippen LogP) is 1.45. The summed E-state index contributed by atoms with van der Waals surface area (Å²) in [6, 6.07) is 0. The summed E-state index contributed by atoms with van der Waals surface area (Å²) in [6.45, 7) is 4.52. The Labute approximate surface area is 83.8 Å². The van der Waals surface area contributed by atoms with E-state index in [0.717, 1.165) is 0 Å². The molecule has 0 unspecified atom stereocenters. The van der Waals surface area contributed by atoms with E-state index in [1.807, 2.05) is 0 Å². The summed E-state index contributed by atoms with van der Waals surface area (Å²) in [6.07, 6.45) is 4.75. The third-order valence-corrected chi connectivity index (χ3v) is 1.51. The molecule has 4 heteroatoms. The number of amides is 1. The van der Waals surface area contributed by atoms with Crippen LogP contribution >= 0.6 is 0 Å². The molecule has 0 aromatic heterocycles. The van der Waals surface area contributed by atoms with Crippen LogP contribution in [0.15, 0.2) is 24.1 Å². The van der Waals surface area contributed by atoms with Crippen LogP contribution in [0, 0.1) is 0 Å². The van der Waals surface area contributed by atoms with Gasteiger partial charge in [0.2, 0.25) is 5.91 Å². The summed E-state index contributed by atoms with van der Waals surface area (Å²) in [4.78, 5) is 22.8. The van der Waals surface area contributed by atoms with Crippen molar-refractivity contribution in [2.24, 2.45) is 0 Å². The molecule has 0 N–H and O–H groups in total. The van der Waals surface area contributed by atoms with Crippen molar-refractivity contribution in [3.63, 3.8) is 0 Å². The molecular formula is C10H15NO3. The van der Waals surface area contributed by atoms with E-state index in [1.165, 1.54) is 18.7 Å². The van der Waals surface area contributed by atoms with Gasteiger partial charge < -0.3 is 9.64 Å². The van der Waals surface area contributed by atoms with Crippen LogP contribution in [0.4, 0.5) is 0 Å². The van der Waals surface area contributed by atoms with E-state index < -0.39 is 0 Å². The molecule has 0 fully saturated rings. The van der Waals surface area contributed by atoms with Crippen molar-refractivity contribution in [3.05, 3.63) is 24.1 Å². The van der Waals surface area contributed by atoms with Gasteiger partial charge in [-0.3, -0.25) is 9.59 Å². The largest absolute Gasteiger partial charge is 0.427 e. The zero-order valence-corrected chi connectivity index (χ0v) is 8.90. The van der Waals surface area contributed by atoms with Gasteiger partial charge in [-0.05, 0) is 19.1 Å². The second-order valence-corrected chi connectivity index (χ2v) is 2.73. The third kappa shape index (κ3) is 5.13. The monoisotopic (exact) mass is 197 g/mol. The molecule has 0 spiro atoms. The van der Waals surface area contributed by atoms with Crippen LogP contribution in [0.3, 0.4) is 0 Å². The van der Waals surface area contributed by atoms with Crippen molar-refractivity contribution in [2.75, 3.05) is 7.05 Å². The van der Waals surface area contributed by atoms with Crippen LogP contribution in [-0.4, -0.2) is 23.8 Å². The van der Waals surface area contributed by atoms with Gasteiger partial charge in [-0.2, -0.15) is 0 Å². The molecule has 0 aliphatic rings. The molecule has 0 saturated heterocycles. The SMILES string of the molecule is CC=C(C=CN(C)C(C)=O)OC(C)=O. The van der Waals surface area contributed by atoms with E-state index in [2.05, 4.69) is 0 Å². The second-order valence-electron chi connectivity index (χ2n) is 2.73. The topological polar surface area (TPSA) is 46.6 Å². The minimum atomic E-state index is -0.381. The fraction of sp³-hybridized carbons (Fsp3) is 0.400. The fourth-order valence-electron chi connectivity index (χ4n) is 0.645. The molecule has 0 aliphatic carbocycles. The Morgan fingerprint density at radius 3 is 2.21 bits per heavy atom. The zero-order chi connectivity index (χ0) is 11.1. The van der Waals surface area contributed by atoms with Gasteiger partial charge in [-0.1, -0.05) is 0 Å². The van der Waals surface area contributed by atoms with Crippen molar-refractivity contribution < 1.29 is 14.3 Å². The Kier molecular flexibility index (Phi) is 5.29. The molecule has 0 saturated carbocycles. The lowest BCUT2D eigenvalue weighted by Gasteiger charge is -2.08. The maximum absolute atomic E-state index is 10.8. The Balaban J connectivity index is 4.33. The van der Waals surface area contributed by atoms with E-state index in [0.29, 0.717) is 5.76 Å². The quantitative estimate of drug-likeness (QED) is 0.391. The van der Waals surface area contributed by atoms with Crippen molar-refractivity contribution in [1.82, 2.24) is 4.90 Å². The molecule has 4 nitrogen and oxygen atoms in total. The van der Waals surface area contributed by atoms with Crippen LogP contribution in [0.1, 0.15) is 20.8 Å². The molecule has 0 bridgehead atoms. The predicted molar refractivity (Wildman–Crippen MR) is 53.1 cm³/mol. The van der Waals surface area contributed by atoms with Crippen molar-refractivity contribution in [1.29, 1.82) is 0 Å². The summed E-state index contributed by atoms with van der Waals surface area (Å²) in [5.74, 6) is -0.0432. The average molecular weight is 197 g/mol. The van der Waals surface area contributed by atoms with Crippen molar-refractivity contribution in [3.8, 4) is 0 Å². The van der Waals surface area contributed by atoms with Gasteiger partial charge in [0.15, 0.2) is 0 Å². The van der Waals surface area contributed by atoms with Crippen LogP contribution in [0.2, 0.25) is 0 Å². The third-order valence-electron chi connectivity index (χ3n) is 1.51. The normalized spacial score (nSPS) is 11.6. The number of carbonyl (C=O) groups excluding carboxylic acids is 2. The smallest absolute Gasteiger partial charge is 0.308 e. The van der Waals surface area contributed by atoms with Gasteiger partial charge in [0.1, 0.15) is 5.76 Å². The van der Waals surface area contributed by atoms with Gasteiger partial charge in [0.05, 0.1) is 0 Å². The first-order valence-electron chi connectivity index (χ1n) is 4.23. The lowest BCUT2D eigenvalue weighted by atomic mass is 10.4. The van der Waals surface area contributed by atoms with E-state index in [1.54, 1.807) is 32.3 Å². The average Bonchev–Trinajstić information content (AvgIpc) is 2.10. The molecular weight excluding hydrogens is 182 g/mol. The standard InChI is InChI=1S/C10H15NO3/c1-5-10(14-9(3)13)6-7-11(4)8(2)12/h5-7H,1-4H3. The molecule has 0 aliphatic heterocycles. The molecule has 1 amide bonds. The summed E-state index contributed by atoms with van der Waals surface area (Å²) < 4.78 is 4.83. The Hall–Kier alpha value is -1.58. The fourth-order valence-corrected chi connectivity index (χ4v) is 0.645. The summed E-state index contributed by atoms with van der Waals surface area (Å²) in [5.41, 5.74) is 0. The summed E-state index contributed by atoms with van der Waals surface area (Å²) in [7, 11) is 1.62. The van der Waals surface area contributed by atoms with Crippen LogP contribution in [-0.2, 0) is 14.3 Å². The van der Waals surface area contributed by atoms with Crippen LogP contribution in [0.5, 0.6) is 0 Å².